The van der Waals surface area contributed by atoms with Crippen LogP contribution in [0.25, 0.3) is 0 Å². The van der Waals surface area contributed by atoms with Crippen molar-refractivity contribution in [1.29, 1.82) is 0 Å². The molecule has 0 aromatic carbocycles. The summed E-state index contributed by atoms with van der Waals surface area (Å²) in [5, 5.41) is 14.6. The van der Waals surface area contributed by atoms with Gasteiger partial charge in [-0.25, -0.2) is 4.79 Å². The van der Waals surface area contributed by atoms with Gasteiger partial charge in [-0.2, -0.15) is 5.10 Å². The molecule has 1 aliphatic rings. The fraction of sp³-hybridized carbons (Fsp3) is 0.250. The molecule has 1 atom stereocenters. The predicted octanol–water partition coefficient (Wildman–Crippen LogP) is 0.899. The molecule has 68 valence electrons. The van der Waals surface area contributed by atoms with Crippen molar-refractivity contribution in [3.8, 4) is 0 Å². The lowest BCUT2D eigenvalue weighted by Crippen LogP contribution is -2.29. The van der Waals surface area contributed by atoms with Crippen LogP contribution in [0.4, 0.5) is 0 Å². The van der Waals surface area contributed by atoms with Gasteiger partial charge in [0, 0.05) is 6.42 Å². The molecule has 0 saturated carbocycles. The van der Waals surface area contributed by atoms with Gasteiger partial charge in [-0.1, -0.05) is 6.07 Å². The Morgan fingerprint density at radius 1 is 1.77 bits per heavy atom. The molecule has 2 heterocycles. The highest BCUT2D eigenvalue weighted by Crippen LogP contribution is 2.16. The lowest BCUT2D eigenvalue weighted by Gasteiger charge is -2.00. The predicted molar refractivity (Wildman–Crippen MR) is 50.0 cm³/mol. The van der Waals surface area contributed by atoms with Gasteiger partial charge in [0.15, 0.2) is 0 Å². The van der Waals surface area contributed by atoms with E-state index in [9.17, 15) is 4.79 Å². The van der Waals surface area contributed by atoms with Gasteiger partial charge in [-0.15, -0.1) is 11.3 Å². The molecule has 0 spiro atoms. The van der Waals surface area contributed by atoms with Gasteiger partial charge in [0.1, 0.15) is 6.04 Å². The van der Waals surface area contributed by atoms with E-state index in [1.165, 1.54) is 0 Å². The fourth-order valence-corrected chi connectivity index (χ4v) is 1.91. The average molecular weight is 196 g/mol. The van der Waals surface area contributed by atoms with E-state index in [2.05, 4.69) is 10.5 Å². The molecule has 13 heavy (non-hydrogen) atoms. The average Bonchev–Trinajstić information content (AvgIpc) is 2.75. The van der Waals surface area contributed by atoms with Crippen LogP contribution in [0.2, 0.25) is 0 Å². The van der Waals surface area contributed by atoms with Crippen LogP contribution in [-0.2, 0) is 4.79 Å². The number of thiophene rings is 1. The minimum atomic E-state index is -0.852. The molecule has 0 radical (unpaired) electrons. The van der Waals surface area contributed by atoms with E-state index in [1.807, 2.05) is 17.5 Å². The maximum atomic E-state index is 10.6. The second-order valence-corrected chi connectivity index (χ2v) is 3.71. The Balaban J connectivity index is 2.10. The fourth-order valence-electron chi connectivity index (χ4n) is 1.18. The van der Waals surface area contributed by atoms with Crippen molar-refractivity contribution < 1.29 is 9.90 Å². The van der Waals surface area contributed by atoms with Gasteiger partial charge >= 0.3 is 5.97 Å². The highest BCUT2D eigenvalue weighted by Gasteiger charge is 2.25. The molecule has 4 nitrogen and oxygen atoms in total. The van der Waals surface area contributed by atoms with Gasteiger partial charge in [0.25, 0.3) is 0 Å². The number of hydrogen-bond acceptors (Lipinski definition) is 4. The van der Waals surface area contributed by atoms with Crippen molar-refractivity contribution in [3.63, 3.8) is 0 Å². The molecule has 5 heteroatoms. The number of aliphatic carboxylic acids is 1. The number of carboxylic acid groups (broad SMARTS) is 1. The second-order valence-electron chi connectivity index (χ2n) is 2.76. The Kier molecular flexibility index (Phi) is 2.02. The largest absolute Gasteiger partial charge is 0.480 e. The van der Waals surface area contributed by atoms with Crippen LogP contribution in [0.5, 0.6) is 0 Å². The van der Waals surface area contributed by atoms with Crippen LogP contribution in [0.1, 0.15) is 11.3 Å². The number of nitrogens with zero attached hydrogens (tertiary/aromatic N) is 1. The molecule has 1 aromatic heterocycles. The summed E-state index contributed by atoms with van der Waals surface area (Å²) in [6.07, 6.45) is 0.468. The molecule has 1 aliphatic heterocycles. The summed E-state index contributed by atoms with van der Waals surface area (Å²) in [6.45, 7) is 0. The summed E-state index contributed by atoms with van der Waals surface area (Å²) >= 11 is 1.57. The van der Waals surface area contributed by atoms with Crippen LogP contribution < -0.4 is 5.43 Å². The van der Waals surface area contributed by atoms with Crippen molar-refractivity contribution in [1.82, 2.24) is 5.43 Å². The summed E-state index contributed by atoms with van der Waals surface area (Å²) < 4.78 is 0. The van der Waals surface area contributed by atoms with Crippen molar-refractivity contribution in [2.24, 2.45) is 5.10 Å². The number of carboxylic acids is 1. The minimum Gasteiger partial charge on any atom is -0.480 e. The number of hydrogen-bond donors (Lipinski definition) is 2. The van der Waals surface area contributed by atoms with Crippen LogP contribution >= 0.6 is 11.3 Å². The molecular weight excluding hydrogens is 188 g/mol. The van der Waals surface area contributed by atoms with E-state index in [0.29, 0.717) is 6.42 Å². The maximum absolute atomic E-state index is 10.6. The molecule has 2 N–H and O–H groups in total. The number of hydrazone groups is 1. The normalized spacial score (nSPS) is 20.9. The van der Waals surface area contributed by atoms with E-state index in [-0.39, 0.29) is 0 Å². The summed E-state index contributed by atoms with van der Waals surface area (Å²) in [6, 6.07) is 3.31. The third-order valence-corrected chi connectivity index (χ3v) is 2.78. The van der Waals surface area contributed by atoms with Crippen molar-refractivity contribution in [3.05, 3.63) is 22.4 Å². The van der Waals surface area contributed by atoms with E-state index < -0.39 is 12.0 Å². The number of nitrogens with one attached hydrogen (secondary N) is 1. The van der Waals surface area contributed by atoms with Crippen LogP contribution in [-0.4, -0.2) is 22.8 Å². The van der Waals surface area contributed by atoms with Crippen molar-refractivity contribution in [2.75, 3.05) is 0 Å². The molecule has 0 unspecified atom stereocenters. The zero-order valence-electron chi connectivity index (χ0n) is 6.73. The number of carbonyl (C=O) groups is 1. The first-order valence-electron chi connectivity index (χ1n) is 3.86. The first-order chi connectivity index (χ1) is 6.27. The Labute approximate surface area is 78.9 Å². The van der Waals surface area contributed by atoms with Gasteiger partial charge in [-0.3, -0.25) is 5.43 Å². The molecule has 0 fully saturated rings. The van der Waals surface area contributed by atoms with Gasteiger partial charge in [0.2, 0.25) is 0 Å². The van der Waals surface area contributed by atoms with E-state index in [1.54, 1.807) is 11.3 Å². The van der Waals surface area contributed by atoms with Crippen LogP contribution in [0.3, 0.4) is 0 Å². The van der Waals surface area contributed by atoms with Crippen LogP contribution in [0, 0.1) is 0 Å². The van der Waals surface area contributed by atoms with Gasteiger partial charge < -0.3 is 5.11 Å². The molecule has 1 aromatic rings. The maximum Gasteiger partial charge on any atom is 0.328 e. The van der Waals surface area contributed by atoms with E-state index in [4.69, 9.17) is 5.11 Å². The third-order valence-electron chi connectivity index (χ3n) is 1.86. The topological polar surface area (TPSA) is 61.7 Å². The standard InChI is InChI=1S/C8H8N2O2S/c11-8(12)6-4-5(9-10-6)7-2-1-3-13-7/h1-3,6,10H,4H2,(H,11,12)/t6-/m0/s1. The molecule has 0 amide bonds. The summed E-state index contributed by atoms with van der Waals surface area (Å²) in [7, 11) is 0. The molecule has 0 aliphatic carbocycles. The number of rotatable bonds is 2. The minimum absolute atomic E-state index is 0.468. The van der Waals surface area contributed by atoms with E-state index >= 15 is 0 Å². The van der Waals surface area contributed by atoms with Crippen molar-refractivity contribution in [2.45, 2.75) is 12.5 Å². The zero-order valence-corrected chi connectivity index (χ0v) is 7.54. The third kappa shape index (κ3) is 1.55. The zero-order chi connectivity index (χ0) is 9.26. The smallest absolute Gasteiger partial charge is 0.328 e. The highest BCUT2D eigenvalue weighted by atomic mass is 32.1. The Morgan fingerprint density at radius 2 is 2.62 bits per heavy atom. The van der Waals surface area contributed by atoms with Gasteiger partial charge in [0.05, 0.1) is 10.6 Å². The lowest BCUT2D eigenvalue weighted by molar-refractivity contribution is -0.139. The molecule has 0 saturated heterocycles. The van der Waals surface area contributed by atoms with E-state index in [0.717, 1.165) is 10.6 Å². The Bertz CT molecular complexity index is 345. The lowest BCUT2D eigenvalue weighted by atomic mass is 10.1. The summed E-state index contributed by atoms with van der Waals surface area (Å²) in [5.41, 5.74) is 3.43. The summed E-state index contributed by atoms with van der Waals surface area (Å²) in [5.74, 6) is -0.852. The van der Waals surface area contributed by atoms with Gasteiger partial charge in [-0.05, 0) is 11.4 Å². The molecule has 2 rings (SSSR count). The Morgan fingerprint density at radius 3 is 3.15 bits per heavy atom. The first-order valence-corrected chi connectivity index (χ1v) is 4.74. The quantitative estimate of drug-likeness (QED) is 0.738. The monoisotopic (exact) mass is 196 g/mol. The van der Waals surface area contributed by atoms with Crippen LogP contribution in [0.15, 0.2) is 22.6 Å². The molecule has 0 bridgehead atoms. The highest BCUT2D eigenvalue weighted by molar-refractivity contribution is 7.12. The SMILES string of the molecule is O=C(O)[C@@H]1CC(c2cccs2)=NN1. The molecular formula is C8H8N2O2S. The Hall–Kier alpha value is -1.36. The second kappa shape index (κ2) is 3.18. The summed E-state index contributed by atoms with van der Waals surface area (Å²) in [4.78, 5) is 11.6. The first kappa shape index (κ1) is 8.25. The van der Waals surface area contributed by atoms with Crippen molar-refractivity contribution >= 4 is 23.0 Å².